The summed E-state index contributed by atoms with van der Waals surface area (Å²) in [7, 11) is 0. The van der Waals surface area contributed by atoms with E-state index in [1.807, 2.05) is 27.7 Å². The van der Waals surface area contributed by atoms with Crippen molar-refractivity contribution < 1.29 is 14.3 Å². The first-order valence-electron chi connectivity index (χ1n) is 8.37. The highest BCUT2D eigenvalue weighted by Gasteiger charge is 2.31. The Bertz CT molecular complexity index is 352. The van der Waals surface area contributed by atoms with Crippen LogP contribution >= 0.6 is 15.9 Å². The molecule has 0 N–H and O–H groups in total. The second-order valence-electron chi connectivity index (χ2n) is 7.51. The van der Waals surface area contributed by atoms with Gasteiger partial charge in [0.25, 0.3) is 0 Å². The molecule has 0 aromatic rings. The maximum absolute atomic E-state index is 12.3. The highest BCUT2D eigenvalue weighted by molar-refractivity contribution is 9.09. The number of hydrogen-bond acceptors (Lipinski definition) is 3. The van der Waals surface area contributed by atoms with Gasteiger partial charge in [0.1, 0.15) is 5.60 Å². The van der Waals surface area contributed by atoms with E-state index in [4.69, 9.17) is 9.47 Å². The van der Waals surface area contributed by atoms with Gasteiger partial charge in [-0.3, -0.25) is 0 Å². The van der Waals surface area contributed by atoms with Crippen LogP contribution in [0.3, 0.4) is 0 Å². The van der Waals surface area contributed by atoms with Gasteiger partial charge in [-0.25, -0.2) is 4.79 Å². The van der Waals surface area contributed by atoms with Gasteiger partial charge in [0.15, 0.2) is 0 Å². The zero-order valence-corrected chi connectivity index (χ0v) is 16.4. The maximum atomic E-state index is 12.3. The molecule has 1 saturated carbocycles. The summed E-state index contributed by atoms with van der Waals surface area (Å²) in [6.07, 6.45) is 4.90. The molecule has 0 aromatic heterocycles. The fourth-order valence-electron chi connectivity index (χ4n) is 2.42. The second-order valence-corrected chi connectivity index (χ2v) is 8.07. The molecule has 0 spiro atoms. The van der Waals surface area contributed by atoms with Crippen LogP contribution in [0.15, 0.2) is 0 Å². The van der Waals surface area contributed by atoms with E-state index in [1.54, 1.807) is 4.90 Å². The fraction of sp³-hybridized carbons (Fsp3) is 0.941. The smallest absolute Gasteiger partial charge is 0.410 e. The van der Waals surface area contributed by atoms with Crippen LogP contribution in [0.2, 0.25) is 0 Å². The lowest BCUT2D eigenvalue weighted by atomic mass is 9.83. The number of nitrogens with zero attached hydrogens (tertiary/aromatic N) is 1. The number of amides is 1. The Morgan fingerprint density at radius 3 is 2.32 bits per heavy atom. The van der Waals surface area contributed by atoms with Crippen LogP contribution in [0.1, 0.15) is 60.3 Å². The van der Waals surface area contributed by atoms with Crippen LogP contribution in [-0.4, -0.2) is 47.2 Å². The van der Waals surface area contributed by atoms with Gasteiger partial charge in [-0.1, -0.05) is 35.2 Å². The monoisotopic (exact) mass is 377 g/mol. The summed E-state index contributed by atoms with van der Waals surface area (Å²) < 4.78 is 11.6. The summed E-state index contributed by atoms with van der Waals surface area (Å²) >= 11 is 3.53. The molecule has 0 bridgehead atoms. The van der Waals surface area contributed by atoms with Gasteiger partial charge >= 0.3 is 6.09 Å². The first kappa shape index (κ1) is 19.8. The minimum absolute atomic E-state index is 0.273. The normalized spacial score (nSPS) is 18.5. The minimum atomic E-state index is -0.472. The van der Waals surface area contributed by atoms with Gasteiger partial charge in [-0.15, -0.1) is 0 Å². The van der Waals surface area contributed by atoms with Crippen molar-refractivity contribution >= 4 is 22.0 Å². The van der Waals surface area contributed by atoms with Crippen molar-refractivity contribution in [2.75, 3.05) is 25.0 Å². The largest absolute Gasteiger partial charge is 0.444 e. The van der Waals surface area contributed by atoms with Gasteiger partial charge in [-0.05, 0) is 47.0 Å². The van der Waals surface area contributed by atoms with Crippen molar-refractivity contribution in [2.45, 2.75) is 71.5 Å². The van der Waals surface area contributed by atoms with Crippen LogP contribution in [0.5, 0.6) is 0 Å². The summed E-state index contributed by atoms with van der Waals surface area (Å²) in [5.41, 5.74) is -0.850. The molecule has 1 fully saturated rings. The van der Waals surface area contributed by atoms with Crippen LogP contribution < -0.4 is 0 Å². The quantitative estimate of drug-likeness (QED) is 0.580. The molecule has 22 heavy (non-hydrogen) atoms. The van der Waals surface area contributed by atoms with Crippen molar-refractivity contribution in [3.8, 4) is 0 Å². The van der Waals surface area contributed by atoms with Crippen molar-refractivity contribution in [1.29, 1.82) is 0 Å². The lowest BCUT2D eigenvalue weighted by molar-refractivity contribution is -0.0482. The van der Waals surface area contributed by atoms with Crippen molar-refractivity contribution in [3.63, 3.8) is 0 Å². The molecule has 1 aliphatic carbocycles. The third-order valence-corrected chi connectivity index (χ3v) is 5.23. The molecule has 5 heteroatoms. The maximum Gasteiger partial charge on any atom is 0.410 e. The summed E-state index contributed by atoms with van der Waals surface area (Å²) in [5, 5.41) is 0.698. The number of ether oxygens (including phenoxy) is 2. The summed E-state index contributed by atoms with van der Waals surface area (Å²) in [5.74, 6) is 0.840. The summed E-state index contributed by atoms with van der Waals surface area (Å²) in [4.78, 5) is 14.0. The lowest BCUT2D eigenvalue weighted by Gasteiger charge is -2.35. The Labute approximate surface area is 144 Å². The molecular formula is C17H32BrNO3. The van der Waals surface area contributed by atoms with Crippen molar-refractivity contribution in [3.05, 3.63) is 0 Å². The molecule has 1 atom stereocenters. The predicted octanol–water partition coefficient (Wildman–Crippen LogP) is 4.60. The Morgan fingerprint density at radius 2 is 1.91 bits per heavy atom. The van der Waals surface area contributed by atoms with Gasteiger partial charge < -0.3 is 14.4 Å². The highest BCUT2D eigenvalue weighted by Crippen LogP contribution is 2.30. The van der Waals surface area contributed by atoms with Crippen LogP contribution in [0, 0.1) is 5.92 Å². The van der Waals surface area contributed by atoms with Gasteiger partial charge in [0, 0.05) is 18.5 Å². The molecule has 1 aliphatic rings. The molecule has 0 aromatic carbocycles. The molecule has 0 saturated heterocycles. The Hall–Kier alpha value is -0.290. The van der Waals surface area contributed by atoms with E-state index in [1.165, 1.54) is 19.3 Å². The van der Waals surface area contributed by atoms with E-state index < -0.39 is 5.60 Å². The molecule has 0 heterocycles. The number of halogens is 1. The Kier molecular flexibility index (Phi) is 7.66. The molecule has 1 unspecified atom stereocenters. The van der Waals surface area contributed by atoms with E-state index >= 15 is 0 Å². The molecule has 0 radical (unpaired) electrons. The Balaban J connectivity index is 2.49. The van der Waals surface area contributed by atoms with Crippen LogP contribution in [-0.2, 0) is 9.47 Å². The van der Waals surface area contributed by atoms with E-state index in [0.717, 1.165) is 18.9 Å². The highest BCUT2D eigenvalue weighted by atomic mass is 79.9. The van der Waals surface area contributed by atoms with Crippen LogP contribution in [0.25, 0.3) is 0 Å². The molecule has 1 amide bonds. The molecule has 130 valence electrons. The minimum Gasteiger partial charge on any atom is -0.444 e. The van der Waals surface area contributed by atoms with Crippen molar-refractivity contribution in [1.82, 2.24) is 4.90 Å². The predicted molar refractivity (Wildman–Crippen MR) is 93.6 cm³/mol. The van der Waals surface area contributed by atoms with Crippen molar-refractivity contribution in [2.24, 2.45) is 5.92 Å². The van der Waals surface area contributed by atoms with E-state index in [2.05, 4.69) is 22.9 Å². The van der Waals surface area contributed by atoms with Gasteiger partial charge in [0.2, 0.25) is 0 Å². The number of carbonyl (C=O) groups is 1. The molecule has 0 aliphatic heterocycles. The first-order valence-corrected chi connectivity index (χ1v) is 9.49. The number of rotatable bonds is 8. The van der Waals surface area contributed by atoms with Crippen LogP contribution in [0.4, 0.5) is 4.79 Å². The lowest BCUT2D eigenvalue weighted by Crippen LogP contribution is -2.48. The first-order chi connectivity index (χ1) is 10.2. The fourth-order valence-corrected chi connectivity index (χ4v) is 2.75. The molecule has 1 rings (SSSR count). The zero-order valence-electron chi connectivity index (χ0n) is 14.8. The van der Waals surface area contributed by atoms with E-state index in [-0.39, 0.29) is 11.7 Å². The third-order valence-electron chi connectivity index (χ3n) is 4.04. The zero-order chi connectivity index (χ0) is 16.8. The standard InChI is InChI=1S/C17H32BrNO3/c1-6-19(15(20)22-16(2,3)4)13-17(5,12-18)21-11-10-14-8-7-9-14/h14H,6-13H2,1-5H3. The number of alkyl halides is 1. The number of carbonyl (C=O) groups excluding carboxylic acids is 1. The summed E-state index contributed by atoms with van der Waals surface area (Å²) in [6, 6.07) is 0. The second kappa shape index (κ2) is 8.53. The van der Waals surface area contributed by atoms with E-state index in [0.29, 0.717) is 18.4 Å². The Morgan fingerprint density at radius 1 is 1.27 bits per heavy atom. The molecular weight excluding hydrogens is 346 g/mol. The SMILES string of the molecule is CCN(CC(C)(CBr)OCCC1CCC1)C(=O)OC(C)(C)C. The van der Waals surface area contributed by atoms with Gasteiger partial charge in [0.05, 0.1) is 12.1 Å². The average molecular weight is 378 g/mol. The van der Waals surface area contributed by atoms with E-state index in [9.17, 15) is 4.79 Å². The van der Waals surface area contributed by atoms with Gasteiger partial charge in [-0.2, -0.15) is 0 Å². The number of likely N-dealkylation sites (N-methyl/N-ethyl adjacent to an activating group) is 1. The molecule has 4 nitrogen and oxygen atoms in total. The third kappa shape index (κ3) is 6.86. The average Bonchev–Trinajstić information content (AvgIpc) is 2.37. The summed E-state index contributed by atoms with van der Waals surface area (Å²) in [6.45, 7) is 11.6. The number of hydrogen-bond donors (Lipinski definition) is 0. The topological polar surface area (TPSA) is 38.8 Å².